The fraction of sp³-hybridized carbons (Fsp3) is 0.115. The average Bonchev–Trinajstić information content (AvgIpc) is 3.25. The predicted octanol–water partition coefficient (Wildman–Crippen LogP) is 7.11. The van der Waals surface area contributed by atoms with Crippen molar-refractivity contribution in [3.63, 3.8) is 0 Å². The van der Waals surface area contributed by atoms with Crippen LogP contribution in [0.25, 0.3) is 28.2 Å². The lowest BCUT2D eigenvalue weighted by Crippen LogP contribution is -2.02. The second kappa shape index (κ2) is 11.2. The maximum absolute atomic E-state index is 6.17. The molecular weight excluding hydrogens is 508 g/mol. The summed E-state index contributed by atoms with van der Waals surface area (Å²) in [6.07, 6.45) is 3.45. The molecule has 0 radical (unpaired) electrons. The van der Waals surface area contributed by atoms with Crippen molar-refractivity contribution in [2.75, 3.05) is 10.5 Å². The third-order valence-electron chi connectivity index (χ3n) is 4.94. The summed E-state index contributed by atoms with van der Waals surface area (Å²) >= 11 is 5.14. The number of anilines is 2. The van der Waals surface area contributed by atoms with Gasteiger partial charge < -0.3 is 10.5 Å². The van der Waals surface area contributed by atoms with Gasteiger partial charge in [-0.1, -0.05) is 44.2 Å². The highest BCUT2D eigenvalue weighted by Gasteiger charge is 2.18. The number of rotatable bonds is 6. The molecule has 3 N–H and O–H groups in total. The van der Waals surface area contributed by atoms with Gasteiger partial charge >= 0.3 is 0 Å². The van der Waals surface area contributed by atoms with Crippen LogP contribution in [0.5, 0.6) is 0 Å². The van der Waals surface area contributed by atoms with Crippen LogP contribution < -0.4 is 10.5 Å². The molecule has 34 heavy (non-hydrogen) atoms. The van der Waals surface area contributed by atoms with Crippen molar-refractivity contribution in [1.29, 1.82) is 0 Å². The van der Waals surface area contributed by atoms with Crippen LogP contribution in [0.4, 0.5) is 11.5 Å². The van der Waals surface area contributed by atoms with Gasteiger partial charge in [0.05, 0.1) is 5.56 Å². The van der Waals surface area contributed by atoms with E-state index in [2.05, 4.69) is 67.0 Å². The topological polar surface area (TPSA) is 81.7 Å². The molecule has 8 heteroatoms. The van der Waals surface area contributed by atoms with Crippen molar-refractivity contribution in [3.05, 3.63) is 95.2 Å². The second-order valence-electron chi connectivity index (χ2n) is 7.13. The number of nitrogen functional groups attached to an aromatic ring is 1. The van der Waals surface area contributed by atoms with Crippen LogP contribution in [0, 0.1) is 0 Å². The molecule has 3 aromatic heterocycles. The van der Waals surface area contributed by atoms with Crippen molar-refractivity contribution < 1.29 is 0 Å². The van der Waals surface area contributed by atoms with E-state index in [1.165, 1.54) is 5.56 Å². The first-order valence-corrected chi connectivity index (χ1v) is 12.7. The SMILES string of the molecule is CC.Nc1ncccc1-c1nc2cc(Br)cnc2n1-c1ccc(CSNc2ccccc2)cc1. The third kappa shape index (κ3) is 5.24. The normalized spacial score (nSPS) is 10.6. The molecule has 0 aliphatic rings. The summed E-state index contributed by atoms with van der Waals surface area (Å²) in [6, 6.07) is 24.3. The molecule has 3 heterocycles. The van der Waals surface area contributed by atoms with Gasteiger partial charge in [0.1, 0.15) is 11.3 Å². The van der Waals surface area contributed by atoms with E-state index < -0.39 is 0 Å². The lowest BCUT2D eigenvalue weighted by Gasteiger charge is -2.11. The molecule has 0 spiro atoms. The maximum Gasteiger partial charge on any atom is 0.165 e. The molecule has 0 saturated carbocycles. The largest absolute Gasteiger partial charge is 0.383 e. The zero-order valence-corrected chi connectivity index (χ0v) is 21.3. The smallest absolute Gasteiger partial charge is 0.165 e. The number of nitrogens with two attached hydrogens (primary N) is 1. The molecule has 0 aliphatic heterocycles. The number of hydrogen-bond acceptors (Lipinski definition) is 6. The zero-order valence-electron chi connectivity index (χ0n) is 18.9. The molecular formula is C26H25BrN6S. The molecule has 0 atom stereocenters. The van der Waals surface area contributed by atoms with E-state index in [1.54, 1.807) is 24.3 Å². The van der Waals surface area contributed by atoms with Crippen molar-refractivity contribution in [3.8, 4) is 17.1 Å². The number of fused-ring (bicyclic) bond motifs is 1. The van der Waals surface area contributed by atoms with E-state index in [4.69, 9.17) is 10.7 Å². The van der Waals surface area contributed by atoms with E-state index in [0.717, 1.165) is 38.3 Å². The minimum atomic E-state index is 0.433. The molecule has 5 rings (SSSR count). The molecule has 0 unspecified atom stereocenters. The number of imidazole rings is 1. The lowest BCUT2D eigenvalue weighted by molar-refractivity contribution is 1.07. The van der Waals surface area contributed by atoms with Gasteiger partial charge in [-0.2, -0.15) is 0 Å². The average molecular weight is 533 g/mol. The molecule has 2 aromatic carbocycles. The van der Waals surface area contributed by atoms with Gasteiger partial charge in [-0.3, -0.25) is 4.57 Å². The Morgan fingerprint density at radius 1 is 0.971 bits per heavy atom. The fourth-order valence-electron chi connectivity index (χ4n) is 3.42. The third-order valence-corrected chi connectivity index (χ3v) is 6.23. The number of benzene rings is 2. The van der Waals surface area contributed by atoms with Crippen LogP contribution in [0.2, 0.25) is 0 Å². The highest BCUT2D eigenvalue weighted by molar-refractivity contribution is 9.10. The van der Waals surface area contributed by atoms with Crippen molar-refractivity contribution in [2.24, 2.45) is 0 Å². The van der Waals surface area contributed by atoms with Crippen LogP contribution >= 0.6 is 27.9 Å². The zero-order chi connectivity index (χ0) is 23.9. The summed E-state index contributed by atoms with van der Waals surface area (Å²) in [5, 5.41) is 0. The Kier molecular flexibility index (Phi) is 7.82. The first-order valence-electron chi connectivity index (χ1n) is 11.0. The summed E-state index contributed by atoms with van der Waals surface area (Å²) in [7, 11) is 0. The van der Waals surface area contributed by atoms with Crippen LogP contribution in [-0.2, 0) is 5.75 Å². The quantitative estimate of drug-likeness (QED) is 0.226. The lowest BCUT2D eigenvalue weighted by atomic mass is 10.2. The summed E-state index contributed by atoms with van der Waals surface area (Å²) in [6.45, 7) is 4.00. The Morgan fingerprint density at radius 3 is 2.47 bits per heavy atom. The number of pyridine rings is 2. The van der Waals surface area contributed by atoms with E-state index in [-0.39, 0.29) is 0 Å². The molecule has 0 fully saturated rings. The number of halogens is 1. The molecule has 0 aliphatic carbocycles. The Bertz CT molecular complexity index is 1370. The van der Waals surface area contributed by atoms with E-state index >= 15 is 0 Å². The molecule has 172 valence electrons. The molecule has 0 amide bonds. The van der Waals surface area contributed by atoms with Crippen molar-refractivity contribution >= 4 is 50.5 Å². The van der Waals surface area contributed by atoms with Crippen LogP contribution in [0.15, 0.2) is 89.7 Å². The maximum atomic E-state index is 6.17. The Labute approximate surface area is 211 Å². The van der Waals surface area contributed by atoms with Crippen molar-refractivity contribution in [1.82, 2.24) is 19.5 Å². The Morgan fingerprint density at radius 2 is 1.74 bits per heavy atom. The number of nitrogens with one attached hydrogen (secondary N) is 1. The highest BCUT2D eigenvalue weighted by Crippen LogP contribution is 2.31. The van der Waals surface area contributed by atoms with Crippen molar-refractivity contribution in [2.45, 2.75) is 19.6 Å². The number of nitrogens with zero attached hydrogens (tertiary/aromatic N) is 4. The number of para-hydroxylation sites is 1. The summed E-state index contributed by atoms with van der Waals surface area (Å²) in [5.41, 5.74) is 11.8. The minimum Gasteiger partial charge on any atom is -0.383 e. The van der Waals surface area contributed by atoms with Crippen LogP contribution in [0.1, 0.15) is 19.4 Å². The summed E-state index contributed by atoms with van der Waals surface area (Å²) in [4.78, 5) is 13.7. The molecule has 0 saturated heterocycles. The van der Waals surface area contributed by atoms with Gasteiger partial charge in [-0.25, -0.2) is 15.0 Å². The van der Waals surface area contributed by atoms with E-state index in [1.807, 2.05) is 54.8 Å². The van der Waals surface area contributed by atoms with Crippen LogP contribution in [-0.4, -0.2) is 19.5 Å². The van der Waals surface area contributed by atoms with E-state index in [9.17, 15) is 0 Å². The number of hydrogen-bond donors (Lipinski definition) is 2. The summed E-state index contributed by atoms with van der Waals surface area (Å²) in [5.74, 6) is 1.99. The van der Waals surface area contributed by atoms with Gasteiger partial charge in [0, 0.05) is 34.0 Å². The highest BCUT2D eigenvalue weighted by atomic mass is 79.9. The van der Waals surface area contributed by atoms with Crippen LogP contribution in [0.3, 0.4) is 0 Å². The standard InChI is InChI=1S/C24H19BrN6S.C2H6/c25-17-13-21-24(28-14-17)31(23(29-21)20-7-4-12-27-22(20)26)19-10-8-16(9-11-19)15-32-30-18-5-2-1-3-6-18;1-2/h1-14,30H,15H2,(H2,26,27);1-2H3. The summed E-state index contributed by atoms with van der Waals surface area (Å²) < 4.78 is 6.26. The number of aromatic nitrogens is 4. The monoisotopic (exact) mass is 532 g/mol. The van der Waals surface area contributed by atoms with Gasteiger partial charge in [0.25, 0.3) is 0 Å². The predicted molar refractivity (Wildman–Crippen MR) is 147 cm³/mol. The first kappa shape index (κ1) is 23.8. The first-order chi connectivity index (χ1) is 16.7. The second-order valence-corrected chi connectivity index (χ2v) is 8.82. The van der Waals surface area contributed by atoms with Gasteiger partial charge in [-0.05, 0) is 75.9 Å². The Hall–Kier alpha value is -3.36. The fourth-order valence-corrected chi connectivity index (χ4v) is 4.48. The molecule has 5 aromatic rings. The van der Waals surface area contributed by atoms with E-state index in [0.29, 0.717) is 11.6 Å². The van der Waals surface area contributed by atoms with Gasteiger partial charge in [0.2, 0.25) is 0 Å². The van der Waals surface area contributed by atoms with Gasteiger partial charge in [0.15, 0.2) is 11.5 Å². The molecule has 6 nitrogen and oxygen atoms in total. The molecule has 0 bridgehead atoms. The Balaban J connectivity index is 0.00000133. The minimum absolute atomic E-state index is 0.433. The van der Waals surface area contributed by atoms with Gasteiger partial charge in [-0.15, -0.1) is 0 Å².